The number of carbonyl (C=O) groups excluding carboxylic acids is 2. The molecule has 12 nitrogen and oxygen atoms in total. The molecule has 12 heteroatoms. The van der Waals surface area contributed by atoms with Crippen LogP contribution in [0.5, 0.6) is 0 Å². The number of aryl methyl sites for hydroxylation is 2. The Kier molecular flexibility index (Phi) is 6.25. The standard InChI is InChI=1S/2C13H11N3O3/c14-10-2-4-12-9(13(10)17)6-7-5-8(16(18)19)1-3-11(7)15-12;14-13-8-6-7(16(18)19)4-5-9(8)15-10-2-1-3-11(17)12(10)13/h1,3,5-6,10H,2,4,14H2;4-6H,1-3H2,(H2,14,15). The zero-order valence-electron chi connectivity index (χ0n) is 20.0. The van der Waals surface area contributed by atoms with E-state index in [2.05, 4.69) is 9.97 Å². The van der Waals surface area contributed by atoms with E-state index in [1.165, 1.54) is 24.3 Å². The lowest BCUT2D eigenvalue weighted by atomic mass is 9.90. The fourth-order valence-corrected chi connectivity index (χ4v) is 4.82. The van der Waals surface area contributed by atoms with Gasteiger partial charge in [-0.3, -0.25) is 39.8 Å². The van der Waals surface area contributed by atoms with E-state index >= 15 is 0 Å². The van der Waals surface area contributed by atoms with Crippen molar-refractivity contribution in [3.8, 4) is 0 Å². The molecule has 2 aromatic carbocycles. The molecule has 0 fully saturated rings. The summed E-state index contributed by atoms with van der Waals surface area (Å²) in [6.07, 6.45) is 3.21. The number of nitrogen functional groups attached to an aromatic ring is 1. The molecule has 2 heterocycles. The highest BCUT2D eigenvalue weighted by Gasteiger charge is 2.26. The molecule has 1 atom stereocenters. The molecular formula is C26H22N6O6. The number of hydrogen-bond donors (Lipinski definition) is 2. The highest BCUT2D eigenvalue weighted by molar-refractivity contribution is 6.09. The molecule has 2 aliphatic carbocycles. The highest BCUT2D eigenvalue weighted by Crippen LogP contribution is 2.33. The summed E-state index contributed by atoms with van der Waals surface area (Å²) < 4.78 is 0. The number of nitrogens with two attached hydrogens (primary N) is 2. The van der Waals surface area contributed by atoms with E-state index in [0.717, 1.165) is 18.5 Å². The smallest absolute Gasteiger partial charge is 0.270 e. The Morgan fingerprint density at radius 2 is 1.50 bits per heavy atom. The first kappa shape index (κ1) is 24.8. The average Bonchev–Trinajstić information content (AvgIpc) is 2.90. The van der Waals surface area contributed by atoms with Gasteiger partial charge in [0.2, 0.25) is 0 Å². The normalized spacial score (nSPS) is 16.4. The predicted molar refractivity (Wildman–Crippen MR) is 139 cm³/mol. The minimum absolute atomic E-state index is 0.0122. The Labute approximate surface area is 215 Å². The van der Waals surface area contributed by atoms with Crippen LogP contribution in [0.3, 0.4) is 0 Å². The van der Waals surface area contributed by atoms with E-state index in [4.69, 9.17) is 11.5 Å². The molecule has 0 saturated carbocycles. The molecule has 38 heavy (non-hydrogen) atoms. The number of benzene rings is 2. The first-order chi connectivity index (χ1) is 18.1. The number of nitrogens with zero attached hydrogens (tertiary/aromatic N) is 4. The van der Waals surface area contributed by atoms with E-state index < -0.39 is 15.9 Å². The van der Waals surface area contributed by atoms with Crippen molar-refractivity contribution in [2.24, 2.45) is 5.73 Å². The molecule has 4 N–H and O–H groups in total. The number of pyridine rings is 2. The van der Waals surface area contributed by atoms with Gasteiger partial charge in [0.05, 0.1) is 49.6 Å². The molecule has 2 aromatic heterocycles. The number of anilines is 1. The van der Waals surface area contributed by atoms with Gasteiger partial charge in [0.15, 0.2) is 11.6 Å². The fraction of sp³-hybridized carbons (Fsp3) is 0.231. The van der Waals surface area contributed by atoms with Crippen molar-refractivity contribution in [1.29, 1.82) is 0 Å². The van der Waals surface area contributed by atoms with Gasteiger partial charge in [-0.25, -0.2) is 0 Å². The van der Waals surface area contributed by atoms with Crippen LogP contribution >= 0.6 is 0 Å². The third-order valence-electron chi connectivity index (χ3n) is 6.77. The molecular weight excluding hydrogens is 492 g/mol. The van der Waals surface area contributed by atoms with Gasteiger partial charge in [0.1, 0.15) is 0 Å². The summed E-state index contributed by atoms with van der Waals surface area (Å²) >= 11 is 0. The lowest BCUT2D eigenvalue weighted by Crippen LogP contribution is -2.35. The van der Waals surface area contributed by atoms with E-state index in [1.54, 1.807) is 18.2 Å². The molecule has 0 bridgehead atoms. The Hall–Kier alpha value is -4.84. The summed E-state index contributed by atoms with van der Waals surface area (Å²) in [4.78, 5) is 53.3. The van der Waals surface area contributed by atoms with E-state index in [9.17, 15) is 29.8 Å². The average molecular weight is 514 g/mol. The molecule has 4 aromatic rings. The predicted octanol–water partition coefficient (Wildman–Crippen LogP) is 3.84. The number of rotatable bonds is 2. The molecule has 0 saturated heterocycles. The molecule has 0 aliphatic heterocycles. The van der Waals surface area contributed by atoms with Gasteiger partial charge >= 0.3 is 0 Å². The Bertz CT molecular complexity index is 1680. The van der Waals surface area contributed by atoms with Gasteiger partial charge in [-0.15, -0.1) is 0 Å². The zero-order valence-corrected chi connectivity index (χ0v) is 20.0. The van der Waals surface area contributed by atoms with Crippen molar-refractivity contribution >= 4 is 50.4 Å². The van der Waals surface area contributed by atoms with Crippen LogP contribution in [0.25, 0.3) is 21.8 Å². The third-order valence-corrected chi connectivity index (χ3v) is 6.77. The maximum absolute atomic E-state index is 12.0. The van der Waals surface area contributed by atoms with Gasteiger partial charge < -0.3 is 11.5 Å². The molecule has 2 aliphatic rings. The van der Waals surface area contributed by atoms with Crippen LogP contribution in [-0.2, 0) is 12.8 Å². The second-order valence-electron chi connectivity index (χ2n) is 9.21. The number of fused-ring (bicyclic) bond motifs is 4. The van der Waals surface area contributed by atoms with E-state index in [-0.39, 0.29) is 22.9 Å². The zero-order chi connectivity index (χ0) is 27.1. The highest BCUT2D eigenvalue weighted by atomic mass is 16.6. The molecule has 0 radical (unpaired) electrons. The van der Waals surface area contributed by atoms with Crippen molar-refractivity contribution < 1.29 is 19.4 Å². The molecule has 192 valence electrons. The number of non-ortho nitro benzene ring substituents is 2. The largest absolute Gasteiger partial charge is 0.398 e. The van der Waals surface area contributed by atoms with Crippen molar-refractivity contribution in [3.05, 3.63) is 85.2 Å². The van der Waals surface area contributed by atoms with Gasteiger partial charge in [-0.1, -0.05) is 0 Å². The second-order valence-corrected chi connectivity index (χ2v) is 9.21. The second kappa shape index (κ2) is 9.56. The van der Waals surface area contributed by atoms with Gasteiger partial charge in [0.25, 0.3) is 11.4 Å². The van der Waals surface area contributed by atoms with Gasteiger partial charge in [0, 0.05) is 47.0 Å². The van der Waals surface area contributed by atoms with Crippen molar-refractivity contribution in [2.75, 3.05) is 5.73 Å². The van der Waals surface area contributed by atoms with Crippen LogP contribution < -0.4 is 11.5 Å². The molecule has 6 rings (SSSR count). The van der Waals surface area contributed by atoms with Gasteiger partial charge in [-0.2, -0.15) is 0 Å². The Morgan fingerprint density at radius 1 is 0.842 bits per heavy atom. The number of Topliss-reactive ketones (excluding diaryl/α,β-unsaturated/α-hetero) is 2. The summed E-state index contributed by atoms with van der Waals surface area (Å²) in [5, 5.41) is 22.6. The maximum atomic E-state index is 12.0. The summed E-state index contributed by atoms with van der Waals surface area (Å²) in [6.45, 7) is 0. The van der Waals surface area contributed by atoms with E-state index in [0.29, 0.717) is 63.6 Å². The van der Waals surface area contributed by atoms with Crippen molar-refractivity contribution in [1.82, 2.24) is 9.97 Å². The molecule has 0 amide bonds. The van der Waals surface area contributed by atoms with Crippen LogP contribution in [-0.4, -0.2) is 37.4 Å². The number of ketones is 2. The minimum atomic E-state index is -0.495. The summed E-state index contributed by atoms with van der Waals surface area (Å²) in [6, 6.07) is 9.95. The monoisotopic (exact) mass is 514 g/mol. The number of aromatic nitrogens is 2. The van der Waals surface area contributed by atoms with Crippen LogP contribution in [0.2, 0.25) is 0 Å². The number of hydrogen-bond acceptors (Lipinski definition) is 10. The Morgan fingerprint density at radius 3 is 2.21 bits per heavy atom. The SMILES string of the molecule is NC1CCc2nc3ccc([N+](=O)[O-])cc3cc2C1=O.Nc1c2c(nc3ccc([N+](=O)[O-])cc13)CCCC2=O. The quantitative estimate of drug-likeness (QED) is 0.292. The van der Waals surface area contributed by atoms with Crippen LogP contribution in [0, 0.1) is 20.2 Å². The first-order valence-electron chi connectivity index (χ1n) is 11.9. The van der Waals surface area contributed by atoms with E-state index in [1.807, 2.05) is 0 Å². The Balaban J connectivity index is 0.000000155. The van der Waals surface area contributed by atoms with Crippen LogP contribution in [0.1, 0.15) is 51.4 Å². The number of nitro groups is 2. The molecule has 0 spiro atoms. The van der Waals surface area contributed by atoms with Crippen LogP contribution in [0.4, 0.5) is 17.1 Å². The summed E-state index contributed by atoms with van der Waals surface area (Å²) in [5.74, 6) is -0.165. The molecule has 1 unspecified atom stereocenters. The van der Waals surface area contributed by atoms with Crippen molar-refractivity contribution in [2.45, 2.75) is 38.1 Å². The minimum Gasteiger partial charge on any atom is -0.398 e. The summed E-state index contributed by atoms with van der Waals surface area (Å²) in [7, 11) is 0. The number of nitro benzene ring substituents is 2. The fourth-order valence-electron chi connectivity index (χ4n) is 4.82. The van der Waals surface area contributed by atoms with Gasteiger partial charge in [-0.05, 0) is 43.9 Å². The number of carbonyl (C=O) groups is 2. The maximum Gasteiger partial charge on any atom is 0.270 e. The van der Waals surface area contributed by atoms with Crippen molar-refractivity contribution in [3.63, 3.8) is 0 Å². The first-order valence-corrected chi connectivity index (χ1v) is 11.9. The summed E-state index contributed by atoms with van der Waals surface area (Å²) in [5.41, 5.74) is 15.6. The lowest BCUT2D eigenvalue weighted by molar-refractivity contribution is -0.384. The topological polar surface area (TPSA) is 198 Å². The third kappa shape index (κ3) is 4.41. The lowest BCUT2D eigenvalue weighted by Gasteiger charge is -2.19. The van der Waals surface area contributed by atoms with Crippen LogP contribution in [0.15, 0.2) is 42.5 Å².